The molecule has 9 nitrogen and oxygen atoms in total. The fraction of sp³-hybridized carbons (Fsp3) is 0.375. The summed E-state index contributed by atoms with van der Waals surface area (Å²) in [5.74, 6) is 1.19. The van der Waals surface area contributed by atoms with Crippen LogP contribution in [0.15, 0.2) is 42.9 Å². The van der Waals surface area contributed by atoms with Crippen molar-refractivity contribution in [1.82, 2.24) is 30.0 Å². The molecule has 4 rings (SSSR count). The van der Waals surface area contributed by atoms with Crippen molar-refractivity contribution in [3.63, 3.8) is 0 Å². The summed E-state index contributed by atoms with van der Waals surface area (Å²) < 4.78 is 6.85. The number of nitrogens with one attached hydrogen (secondary N) is 1. The maximum absolute atomic E-state index is 12.8. The van der Waals surface area contributed by atoms with Crippen LogP contribution < -0.4 is 10.1 Å². The number of aryl methyl sites for hydroxylation is 2. The zero-order chi connectivity index (χ0) is 23.4. The second-order valence-corrected chi connectivity index (χ2v) is 8.25. The Morgan fingerprint density at radius 2 is 2.12 bits per heavy atom. The van der Waals surface area contributed by atoms with Gasteiger partial charge in [-0.15, -0.1) is 0 Å². The van der Waals surface area contributed by atoms with Crippen molar-refractivity contribution in [2.75, 3.05) is 20.2 Å². The number of carbonyl (C=O) groups is 2. The lowest BCUT2D eigenvalue weighted by atomic mass is 9.96. The molecule has 1 aromatic carbocycles. The first-order chi connectivity index (χ1) is 15.9. The zero-order valence-electron chi connectivity index (χ0n) is 19.1. The Morgan fingerprint density at radius 3 is 2.85 bits per heavy atom. The lowest BCUT2D eigenvalue weighted by Gasteiger charge is -2.32. The van der Waals surface area contributed by atoms with E-state index in [2.05, 4.69) is 20.4 Å². The van der Waals surface area contributed by atoms with Crippen LogP contribution in [-0.4, -0.2) is 56.7 Å². The predicted molar refractivity (Wildman–Crippen MR) is 122 cm³/mol. The Morgan fingerprint density at radius 1 is 1.27 bits per heavy atom. The number of hydrogen-bond acceptors (Lipinski definition) is 6. The van der Waals surface area contributed by atoms with E-state index in [0.717, 1.165) is 24.2 Å². The van der Waals surface area contributed by atoms with Gasteiger partial charge < -0.3 is 15.0 Å². The number of benzene rings is 1. The van der Waals surface area contributed by atoms with E-state index >= 15 is 0 Å². The van der Waals surface area contributed by atoms with Gasteiger partial charge in [-0.1, -0.05) is 12.1 Å². The topological polar surface area (TPSA) is 102 Å². The average Bonchev–Trinajstić information content (AvgIpc) is 3.28. The number of carbonyl (C=O) groups excluding carboxylic acids is 2. The minimum Gasteiger partial charge on any atom is -0.497 e. The first-order valence-corrected chi connectivity index (χ1v) is 11.0. The molecule has 2 aromatic heterocycles. The monoisotopic (exact) mass is 448 g/mol. The molecule has 0 aliphatic carbocycles. The van der Waals surface area contributed by atoms with E-state index in [-0.39, 0.29) is 17.7 Å². The van der Waals surface area contributed by atoms with Gasteiger partial charge in [0.1, 0.15) is 11.6 Å². The number of ether oxygens (including phenoxy) is 1. The molecule has 0 spiro atoms. The molecule has 0 unspecified atom stereocenters. The van der Waals surface area contributed by atoms with E-state index in [4.69, 9.17) is 4.74 Å². The number of methoxy groups -OCH3 is 1. The van der Waals surface area contributed by atoms with Crippen molar-refractivity contribution in [3.05, 3.63) is 71.1 Å². The first kappa shape index (κ1) is 22.4. The summed E-state index contributed by atoms with van der Waals surface area (Å²) in [7, 11) is 3.40. The third-order valence-electron chi connectivity index (χ3n) is 5.86. The van der Waals surface area contributed by atoms with Crippen molar-refractivity contribution in [2.45, 2.75) is 32.2 Å². The Bertz CT molecular complexity index is 1160. The third-order valence-corrected chi connectivity index (χ3v) is 5.86. The molecule has 33 heavy (non-hydrogen) atoms. The maximum atomic E-state index is 12.8. The fourth-order valence-corrected chi connectivity index (χ4v) is 4.05. The second-order valence-electron chi connectivity index (χ2n) is 8.25. The molecule has 1 atom stereocenters. The molecule has 3 aromatic rings. The molecular weight excluding hydrogens is 420 g/mol. The smallest absolute Gasteiger partial charge is 0.257 e. The Hall–Kier alpha value is -3.75. The quantitative estimate of drug-likeness (QED) is 0.622. The molecule has 172 valence electrons. The van der Waals surface area contributed by atoms with Crippen LogP contribution in [0.4, 0.5) is 0 Å². The summed E-state index contributed by atoms with van der Waals surface area (Å²) in [6.07, 6.45) is 6.68. The summed E-state index contributed by atoms with van der Waals surface area (Å²) in [4.78, 5) is 36.4. The molecule has 1 aliphatic heterocycles. The van der Waals surface area contributed by atoms with Crippen LogP contribution >= 0.6 is 0 Å². The van der Waals surface area contributed by atoms with Gasteiger partial charge in [0.2, 0.25) is 0 Å². The number of likely N-dealkylation sites (tertiary alicyclic amines) is 1. The number of rotatable bonds is 6. The van der Waals surface area contributed by atoms with Gasteiger partial charge >= 0.3 is 0 Å². The standard InChI is InChI=1S/C24H28N6O3/c1-16-21(23(31)26-11-17-6-4-8-20(10-17)33-3)13-25-22(28-16)18-7-5-9-30(15-18)24(32)19-12-27-29(2)14-19/h4,6,8,10,12-14,18H,5,7,9,11,15H2,1-3H3,(H,26,31)/t18-/m0/s1. The van der Waals surface area contributed by atoms with Gasteiger partial charge in [-0.25, -0.2) is 9.97 Å². The normalized spacial score (nSPS) is 15.8. The molecule has 9 heteroatoms. The van der Waals surface area contributed by atoms with Crippen molar-refractivity contribution in [1.29, 1.82) is 0 Å². The minimum atomic E-state index is -0.223. The van der Waals surface area contributed by atoms with E-state index in [1.165, 1.54) is 0 Å². The highest BCUT2D eigenvalue weighted by Crippen LogP contribution is 2.26. The molecule has 1 saturated heterocycles. The predicted octanol–water partition coefficient (Wildman–Crippen LogP) is 2.48. The van der Waals surface area contributed by atoms with Crippen molar-refractivity contribution in [2.24, 2.45) is 7.05 Å². The summed E-state index contributed by atoms with van der Waals surface area (Å²) >= 11 is 0. The Labute approximate surface area is 192 Å². The molecule has 1 N–H and O–H groups in total. The van der Waals surface area contributed by atoms with E-state index in [0.29, 0.717) is 42.3 Å². The average molecular weight is 449 g/mol. The first-order valence-electron chi connectivity index (χ1n) is 11.0. The number of piperidine rings is 1. The summed E-state index contributed by atoms with van der Waals surface area (Å²) in [6.45, 7) is 3.45. The Balaban J connectivity index is 1.41. The Kier molecular flexibility index (Phi) is 6.67. The summed E-state index contributed by atoms with van der Waals surface area (Å²) in [5, 5.41) is 7.00. The maximum Gasteiger partial charge on any atom is 0.257 e. The van der Waals surface area contributed by atoms with E-state index in [9.17, 15) is 9.59 Å². The molecule has 0 radical (unpaired) electrons. The number of aromatic nitrogens is 4. The molecule has 1 fully saturated rings. The molecule has 0 saturated carbocycles. The van der Waals surface area contributed by atoms with Gasteiger partial charge in [0, 0.05) is 45.0 Å². The van der Waals surface area contributed by atoms with Crippen LogP contribution in [0.25, 0.3) is 0 Å². The molecule has 3 heterocycles. The molecular formula is C24H28N6O3. The van der Waals surface area contributed by atoms with Gasteiger partial charge in [-0.3, -0.25) is 14.3 Å². The highest BCUT2D eigenvalue weighted by atomic mass is 16.5. The van der Waals surface area contributed by atoms with Crippen molar-refractivity contribution in [3.8, 4) is 5.75 Å². The summed E-state index contributed by atoms with van der Waals surface area (Å²) in [5.41, 5.74) is 2.59. The SMILES string of the molecule is COc1cccc(CNC(=O)c2cnc([C@H]3CCCN(C(=O)c4cnn(C)c4)C3)nc2C)c1. The van der Waals surface area contributed by atoms with E-state index < -0.39 is 0 Å². The van der Waals surface area contributed by atoms with E-state index in [1.54, 1.807) is 37.4 Å². The highest BCUT2D eigenvalue weighted by Gasteiger charge is 2.28. The van der Waals surface area contributed by atoms with Crippen molar-refractivity contribution >= 4 is 11.8 Å². The van der Waals surface area contributed by atoms with Crippen LogP contribution in [0.2, 0.25) is 0 Å². The zero-order valence-corrected chi connectivity index (χ0v) is 19.1. The van der Waals surface area contributed by atoms with E-state index in [1.807, 2.05) is 36.1 Å². The molecule has 2 amide bonds. The van der Waals surface area contributed by atoms with Gasteiger partial charge in [0.15, 0.2) is 0 Å². The highest BCUT2D eigenvalue weighted by molar-refractivity contribution is 5.95. The summed E-state index contributed by atoms with van der Waals surface area (Å²) in [6, 6.07) is 7.56. The van der Waals surface area contributed by atoms with Gasteiger partial charge in [0.25, 0.3) is 11.8 Å². The van der Waals surface area contributed by atoms with Gasteiger partial charge in [-0.2, -0.15) is 5.10 Å². The van der Waals surface area contributed by atoms with Crippen LogP contribution in [0.3, 0.4) is 0 Å². The lowest BCUT2D eigenvalue weighted by Crippen LogP contribution is -2.39. The van der Waals surface area contributed by atoms with Crippen molar-refractivity contribution < 1.29 is 14.3 Å². The minimum absolute atomic E-state index is 0.0296. The van der Waals surface area contributed by atoms with Crippen LogP contribution in [0, 0.1) is 6.92 Å². The second kappa shape index (κ2) is 9.81. The van der Waals surface area contributed by atoms with Crippen LogP contribution in [0.1, 0.15) is 56.6 Å². The largest absolute Gasteiger partial charge is 0.497 e. The number of hydrogen-bond donors (Lipinski definition) is 1. The number of nitrogens with zero attached hydrogens (tertiary/aromatic N) is 5. The van der Waals surface area contributed by atoms with Crippen LogP contribution in [-0.2, 0) is 13.6 Å². The lowest BCUT2D eigenvalue weighted by molar-refractivity contribution is 0.0704. The number of amides is 2. The molecule has 1 aliphatic rings. The van der Waals surface area contributed by atoms with Gasteiger partial charge in [0.05, 0.1) is 30.1 Å². The molecule has 0 bridgehead atoms. The third kappa shape index (κ3) is 5.19. The fourth-order valence-electron chi connectivity index (χ4n) is 4.05. The van der Waals surface area contributed by atoms with Gasteiger partial charge in [-0.05, 0) is 37.5 Å². The van der Waals surface area contributed by atoms with Crippen LogP contribution in [0.5, 0.6) is 5.75 Å².